The number of amides is 4. The lowest BCUT2D eigenvalue weighted by Gasteiger charge is -2.37. The molecule has 1 saturated heterocycles. The van der Waals surface area contributed by atoms with Crippen LogP contribution in [0, 0.1) is 12.7 Å². The number of pyridine rings is 1. The number of likely N-dealkylation sites (tertiary alicyclic amines) is 1. The van der Waals surface area contributed by atoms with Crippen molar-refractivity contribution in [1.82, 2.24) is 20.5 Å². The van der Waals surface area contributed by atoms with Gasteiger partial charge in [0.25, 0.3) is 0 Å². The van der Waals surface area contributed by atoms with Crippen molar-refractivity contribution >= 4 is 35.3 Å². The second-order valence-corrected chi connectivity index (χ2v) is 12.7. The zero-order valence-corrected chi connectivity index (χ0v) is 26.2. The Hall–Kier alpha value is -4.74. The quantitative estimate of drug-likeness (QED) is 0.416. The number of fused-ring (bicyclic) bond motifs is 6. The molecule has 4 heterocycles. The van der Waals surface area contributed by atoms with E-state index in [1.165, 1.54) is 7.11 Å². The van der Waals surface area contributed by atoms with Gasteiger partial charge < -0.3 is 19.7 Å². The van der Waals surface area contributed by atoms with E-state index in [0.717, 1.165) is 17.6 Å². The maximum Gasteiger partial charge on any atom is 0.412 e. The summed E-state index contributed by atoms with van der Waals surface area (Å²) in [7, 11) is 1.29. The summed E-state index contributed by atoms with van der Waals surface area (Å²) < 4.78 is 26.0. The molecule has 4 aliphatic rings. The van der Waals surface area contributed by atoms with Crippen LogP contribution in [0.2, 0.25) is 0 Å². The molecular formula is C34H38FN5O6. The molecule has 1 aromatic carbocycles. The summed E-state index contributed by atoms with van der Waals surface area (Å²) in [6.07, 6.45) is 7.51. The van der Waals surface area contributed by atoms with Gasteiger partial charge in [0.15, 0.2) is 5.60 Å². The molecule has 11 nitrogen and oxygen atoms in total. The number of benzene rings is 1. The number of anilines is 1. The molecule has 46 heavy (non-hydrogen) atoms. The van der Waals surface area contributed by atoms with E-state index < -0.39 is 35.1 Å². The topological polar surface area (TPSA) is 139 Å². The Balaban J connectivity index is 1.34. The van der Waals surface area contributed by atoms with E-state index in [-0.39, 0.29) is 36.9 Å². The number of carbonyl (C=O) groups excluding carboxylic acids is 4. The maximum atomic E-state index is 15.5. The Morgan fingerprint density at radius 3 is 2.80 bits per heavy atom. The number of aryl methyl sites for hydroxylation is 1. The molecule has 4 amide bonds. The molecule has 3 N–H and O–H groups in total. The van der Waals surface area contributed by atoms with Crippen LogP contribution in [0.15, 0.2) is 48.3 Å². The van der Waals surface area contributed by atoms with Crippen LogP contribution in [-0.2, 0) is 24.7 Å². The highest BCUT2D eigenvalue weighted by Gasteiger charge is 2.51. The lowest BCUT2D eigenvalue weighted by atomic mass is 9.79. The van der Waals surface area contributed by atoms with Crippen molar-refractivity contribution in [3.05, 3.63) is 76.5 Å². The van der Waals surface area contributed by atoms with E-state index in [0.29, 0.717) is 54.7 Å². The second-order valence-electron chi connectivity index (χ2n) is 12.7. The minimum Gasteiger partial charge on any atom is -0.453 e. The zero-order chi connectivity index (χ0) is 32.6. The van der Waals surface area contributed by atoms with Crippen LogP contribution in [0.1, 0.15) is 80.2 Å². The Morgan fingerprint density at radius 2 is 2.00 bits per heavy atom. The smallest absolute Gasteiger partial charge is 0.412 e. The third kappa shape index (κ3) is 5.83. The first-order valence-corrected chi connectivity index (χ1v) is 15.6. The molecule has 0 saturated carbocycles. The van der Waals surface area contributed by atoms with Gasteiger partial charge in [-0.25, -0.2) is 14.0 Å². The number of allylic oxidation sites excluding steroid dienone is 2. The van der Waals surface area contributed by atoms with Crippen LogP contribution in [0.3, 0.4) is 0 Å². The fourth-order valence-corrected chi connectivity index (χ4v) is 7.15. The first-order chi connectivity index (χ1) is 22.0. The normalized spacial score (nSPS) is 26.0. The molecule has 3 atom stereocenters. The largest absolute Gasteiger partial charge is 0.453 e. The molecular weight excluding hydrogens is 593 g/mol. The van der Waals surface area contributed by atoms with E-state index in [4.69, 9.17) is 9.47 Å². The predicted octanol–water partition coefficient (Wildman–Crippen LogP) is 5.17. The van der Waals surface area contributed by atoms with E-state index in [1.807, 2.05) is 25.1 Å². The Labute approximate surface area is 266 Å². The highest BCUT2D eigenvalue weighted by Crippen LogP contribution is 2.46. The van der Waals surface area contributed by atoms with Gasteiger partial charge in [0.05, 0.1) is 42.1 Å². The van der Waals surface area contributed by atoms with Gasteiger partial charge in [0.2, 0.25) is 11.8 Å². The zero-order valence-electron chi connectivity index (χ0n) is 26.2. The minimum atomic E-state index is -1.29. The van der Waals surface area contributed by atoms with Crippen molar-refractivity contribution in [3.8, 4) is 0 Å². The van der Waals surface area contributed by atoms with Crippen LogP contribution < -0.4 is 16.0 Å². The molecule has 3 aliphatic heterocycles. The van der Waals surface area contributed by atoms with Crippen LogP contribution in [-0.4, -0.2) is 59.6 Å². The average molecular weight is 632 g/mol. The average Bonchev–Trinajstić information content (AvgIpc) is 3.43. The van der Waals surface area contributed by atoms with Crippen molar-refractivity contribution in [3.63, 3.8) is 0 Å². The van der Waals surface area contributed by atoms with Crippen molar-refractivity contribution in [2.24, 2.45) is 0 Å². The van der Waals surface area contributed by atoms with Gasteiger partial charge in [-0.05, 0) is 67.7 Å². The predicted molar refractivity (Wildman–Crippen MR) is 167 cm³/mol. The summed E-state index contributed by atoms with van der Waals surface area (Å²) in [6.45, 7) is 3.89. The summed E-state index contributed by atoms with van der Waals surface area (Å²) in [4.78, 5) is 58.2. The highest BCUT2D eigenvalue weighted by molar-refractivity contribution is 5.90. The molecule has 12 heteroatoms. The van der Waals surface area contributed by atoms with Crippen LogP contribution in [0.4, 0.5) is 19.7 Å². The third-order valence-corrected chi connectivity index (χ3v) is 9.46. The summed E-state index contributed by atoms with van der Waals surface area (Å²) in [5, 5.41) is 8.50. The molecule has 1 aromatic heterocycles. The fraction of sp³-hybridized carbons (Fsp3) is 0.441. The Kier molecular flexibility index (Phi) is 8.30. The molecule has 1 fully saturated rings. The first-order valence-electron chi connectivity index (χ1n) is 15.6. The van der Waals surface area contributed by atoms with Gasteiger partial charge in [-0.1, -0.05) is 25.0 Å². The summed E-state index contributed by atoms with van der Waals surface area (Å²) in [5.74, 6) is -1.31. The number of aromatic nitrogens is 1. The number of ether oxygens (including phenoxy) is 2. The van der Waals surface area contributed by atoms with E-state index >= 15 is 4.39 Å². The number of halogens is 1. The number of nitrogens with one attached hydrogen (secondary N) is 3. The van der Waals surface area contributed by atoms with E-state index in [2.05, 4.69) is 20.9 Å². The van der Waals surface area contributed by atoms with Gasteiger partial charge in [0, 0.05) is 37.7 Å². The number of hydrogen-bond donors (Lipinski definition) is 3. The lowest BCUT2D eigenvalue weighted by molar-refractivity contribution is -0.133. The second kappa shape index (κ2) is 12.2. The summed E-state index contributed by atoms with van der Waals surface area (Å²) >= 11 is 0. The summed E-state index contributed by atoms with van der Waals surface area (Å²) in [6, 6.07) is 7.01. The Bertz CT molecular complexity index is 1670. The SMILES string of the molecule is COC(=O)NC1=CC=C2c3ccnc(c3)[C@H](C(=O)N3CC[C@@]4(C3)OC(=O)Nc3ccc(C)c(F)c34)CCCCCC(=O)NC2(C)C1. The van der Waals surface area contributed by atoms with Crippen LogP contribution in [0.5, 0.6) is 0 Å². The van der Waals surface area contributed by atoms with Gasteiger partial charge in [-0.3, -0.25) is 25.2 Å². The fourth-order valence-electron chi connectivity index (χ4n) is 7.15. The Morgan fingerprint density at radius 1 is 1.17 bits per heavy atom. The first kappa shape index (κ1) is 31.3. The standard InChI is InChI=1S/C34H38FN5O6/c1-20-9-12-25-28(29(20)35)34(46-32(44)38-25)14-16-40(19-34)30(42)23-7-5-4-6-8-27(41)39-33(2)18-22(37-31(43)45-3)10-11-24(33)21-13-15-36-26(23)17-21/h9-13,15,17,23H,4-8,14,16,18-19H2,1-3H3,(H,37,43)(H,38,44)(H,39,41)/t23-,33?,34+/m1/s1. The number of carbonyl (C=O) groups is 4. The van der Waals surface area contributed by atoms with Gasteiger partial charge in [-0.15, -0.1) is 0 Å². The van der Waals surface area contributed by atoms with Gasteiger partial charge in [0.1, 0.15) is 5.82 Å². The number of nitrogens with zero attached hydrogens (tertiary/aromatic N) is 2. The van der Waals surface area contributed by atoms with E-state index in [9.17, 15) is 19.2 Å². The molecule has 1 aliphatic carbocycles. The molecule has 6 rings (SSSR count). The van der Waals surface area contributed by atoms with Gasteiger partial charge in [-0.2, -0.15) is 0 Å². The number of methoxy groups -OCH3 is 1. The third-order valence-electron chi connectivity index (χ3n) is 9.46. The van der Waals surface area contributed by atoms with Crippen LogP contribution in [0.25, 0.3) is 5.57 Å². The van der Waals surface area contributed by atoms with E-state index in [1.54, 1.807) is 36.2 Å². The monoisotopic (exact) mass is 631 g/mol. The van der Waals surface area contributed by atoms with Crippen molar-refractivity contribution in [2.75, 3.05) is 25.5 Å². The van der Waals surface area contributed by atoms with Crippen molar-refractivity contribution in [1.29, 1.82) is 0 Å². The molecule has 242 valence electrons. The van der Waals surface area contributed by atoms with Gasteiger partial charge >= 0.3 is 12.2 Å². The summed E-state index contributed by atoms with van der Waals surface area (Å²) in [5.41, 5.74) is 1.70. The number of rotatable bonds is 2. The molecule has 2 bridgehead atoms. The number of hydrogen-bond acceptors (Lipinski definition) is 7. The number of alkyl carbamates (subject to hydrolysis) is 1. The van der Waals surface area contributed by atoms with Crippen molar-refractivity contribution in [2.45, 2.75) is 75.9 Å². The lowest BCUT2D eigenvalue weighted by Crippen LogP contribution is -2.49. The molecule has 2 aromatic rings. The molecule has 1 unspecified atom stereocenters. The molecule has 0 radical (unpaired) electrons. The minimum absolute atomic E-state index is 0.0330. The van der Waals surface area contributed by atoms with Crippen LogP contribution >= 0.6 is 0 Å². The van der Waals surface area contributed by atoms with Crippen molar-refractivity contribution < 1.29 is 33.0 Å². The molecule has 1 spiro atoms. The highest BCUT2D eigenvalue weighted by atomic mass is 19.1. The maximum absolute atomic E-state index is 15.5.